The molecule has 34 heavy (non-hydrogen) atoms. The fourth-order valence-corrected chi connectivity index (χ4v) is 4.60. The van der Waals surface area contributed by atoms with Gasteiger partial charge in [-0.05, 0) is 43.2 Å². The lowest BCUT2D eigenvalue weighted by molar-refractivity contribution is -0.274. The second kappa shape index (κ2) is 9.67. The molecule has 2 aromatic heterocycles. The number of aromatic nitrogens is 1. The van der Waals surface area contributed by atoms with Crippen molar-refractivity contribution in [3.05, 3.63) is 52.8 Å². The molecule has 1 N–H and O–H groups in total. The number of furan rings is 1. The normalized spacial score (nSPS) is 14.6. The first-order valence-electron chi connectivity index (χ1n) is 10.2. The number of carboxylic acids is 1. The Labute approximate surface area is 200 Å². The average Bonchev–Trinajstić information content (AvgIpc) is 3.22. The predicted molar refractivity (Wildman–Crippen MR) is 118 cm³/mol. The molecule has 1 aliphatic rings. The summed E-state index contributed by atoms with van der Waals surface area (Å²) in [6, 6.07) is 6.69. The van der Waals surface area contributed by atoms with Gasteiger partial charge in [-0.1, -0.05) is 11.6 Å². The van der Waals surface area contributed by atoms with Crippen molar-refractivity contribution in [3.63, 3.8) is 0 Å². The molecule has 0 saturated heterocycles. The van der Waals surface area contributed by atoms with Gasteiger partial charge in [-0.15, -0.1) is 24.5 Å². The van der Waals surface area contributed by atoms with Gasteiger partial charge in [0.2, 0.25) is 5.91 Å². The number of carboxylic acid groups (broad SMARTS) is 1. The molecule has 1 saturated carbocycles. The molecule has 1 amide bonds. The van der Waals surface area contributed by atoms with E-state index in [1.165, 1.54) is 17.2 Å². The maximum atomic E-state index is 13.4. The smallest absolute Gasteiger partial charge is 0.481 e. The van der Waals surface area contributed by atoms with Crippen molar-refractivity contribution >= 4 is 39.9 Å². The van der Waals surface area contributed by atoms with Crippen LogP contribution in [-0.2, 0) is 16.0 Å². The van der Waals surface area contributed by atoms with E-state index in [4.69, 9.17) is 16.0 Å². The molecule has 3 aromatic rings. The van der Waals surface area contributed by atoms with E-state index in [0.717, 1.165) is 36.3 Å². The number of rotatable bonds is 9. The molecule has 2 heterocycles. The minimum Gasteiger partial charge on any atom is -0.481 e. The summed E-state index contributed by atoms with van der Waals surface area (Å²) in [5.74, 6) is -2.35. The van der Waals surface area contributed by atoms with Gasteiger partial charge in [0.05, 0.1) is 29.3 Å². The number of amides is 1. The lowest BCUT2D eigenvalue weighted by Crippen LogP contribution is -2.39. The number of hydrogen-bond acceptors (Lipinski definition) is 6. The topological polar surface area (TPSA) is 92.9 Å². The number of thiazole rings is 1. The Morgan fingerprint density at radius 2 is 2.09 bits per heavy atom. The lowest BCUT2D eigenvalue weighted by Gasteiger charge is -2.24. The van der Waals surface area contributed by atoms with Gasteiger partial charge in [-0.3, -0.25) is 14.5 Å². The third-order valence-corrected chi connectivity index (χ3v) is 6.26. The molecule has 12 heteroatoms. The number of ether oxygens (including phenoxy) is 1. The second-order valence-electron chi connectivity index (χ2n) is 7.72. The summed E-state index contributed by atoms with van der Waals surface area (Å²) in [6.45, 7) is 0. The van der Waals surface area contributed by atoms with E-state index >= 15 is 0 Å². The van der Waals surface area contributed by atoms with Crippen LogP contribution in [0.5, 0.6) is 5.75 Å². The summed E-state index contributed by atoms with van der Waals surface area (Å²) in [5, 5.41) is 11.4. The Kier molecular flexibility index (Phi) is 6.85. The molecule has 1 fully saturated rings. The first kappa shape index (κ1) is 24.1. The lowest BCUT2D eigenvalue weighted by atomic mass is 9.98. The third-order valence-electron chi connectivity index (χ3n) is 5.09. The van der Waals surface area contributed by atoms with Crippen molar-refractivity contribution in [1.82, 2.24) is 4.98 Å². The van der Waals surface area contributed by atoms with Crippen molar-refractivity contribution < 1.29 is 37.0 Å². The van der Waals surface area contributed by atoms with Crippen LogP contribution < -0.4 is 9.64 Å². The van der Waals surface area contributed by atoms with Gasteiger partial charge in [0.15, 0.2) is 5.13 Å². The third kappa shape index (κ3) is 5.89. The molecule has 0 spiro atoms. The predicted octanol–water partition coefficient (Wildman–Crippen LogP) is 5.78. The fourth-order valence-electron chi connectivity index (χ4n) is 3.49. The highest BCUT2D eigenvalue weighted by molar-refractivity contribution is 7.14. The molecule has 1 unspecified atom stereocenters. The van der Waals surface area contributed by atoms with Crippen LogP contribution in [0.3, 0.4) is 0 Å². The number of carbonyl (C=O) groups is 2. The van der Waals surface area contributed by atoms with Gasteiger partial charge < -0.3 is 14.3 Å². The van der Waals surface area contributed by atoms with E-state index in [1.54, 1.807) is 17.5 Å². The van der Waals surface area contributed by atoms with Crippen LogP contribution in [0.15, 0.2) is 46.4 Å². The molecule has 0 radical (unpaired) electrons. The SMILES string of the molecule is O=C(O)CC(Cc1ccco1)C(=O)N(c1nc(-c2cc(OC(F)(F)F)ccc2Cl)cs1)C1CC1. The molecule has 7 nitrogen and oxygen atoms in total. The standard InChI is InChI=1S/C22H18ClF3N2O5S/c23-17-6-5-15(33-22(24,25)26)10-16(17)18-11-34-21(27-18)28(13-3-4-13)20(31)12(9-19(29)30)8-14-2-1-7-32-14/h1-2,5-7,10-13H,3-4,8-9H2,(H,29,30). The van der Waals surface area contributed by atoms with Gasteiger partial charge in [-0.2, -0.15) is 0 Å². The summed E-state index contributed by atoms with van der Waals surface area (Å²) in [7, 11) is 0. The van der Waals surface area contributed by atoms with Gasteiger partial charge in [-0.25, -0.2) is 4.98 Å². The summed E-state index contributed by atoms with van der Waals surface area (Å²) in [4.78, 5) is 30.8. The Morgan fingerprint density at radius 3 is 2.71 bits per heavy atom. The van der Waals surface area contributed by atoms with E-state index in [-0.39, 0.29) is 35.2 Å². The van der Waals surface area contributed by atoms with Gasteiger partial charge in [0.1, 0.15) is 11.5 Å². The molecule has 0 bridgehead atoms. The van der Waals surface area contributed by atoms with Gasteiger partial charge >= 0.3 is 12.3 Å². The zero-order valence-electron chi connectivity index (χ0n) is 17.4. The van der Waals surface area contributed by atoms with Gasteiger partial charge in [0, 0.05) is 23.4 Å². The molecule has 0 aliphatic heterocycles. The monoisotopic (exact) mass is 514 g/mol. The quantitative estimate of drug-likeness (QED) is 0.389. The zero-order chi connectivity index (χ0) is 24.5. The van der Waals surface area contributed by atoms with Crippen LogP contribution in [-0.4, -0.2) is 34.4 Å². The van der Waals surface area contributed by atoms with Crippen LogP contribution >= 0.6 is 22.9 Å². The number of hydrogen-bond donors (Lipinski definition) is 1. The molecular formula is C22H18ClF3N2O5S. The molecule has 4 rings (SSSR count). The average molecular weight is 515 g/mol. The van der Waals surface area contributed by atoms with E-state index in [1.807, 2.05) is 0 Å². The number of carbonyl (C=O) groups excluding carboxylic acids is 1. The number of anilines is 1. The van der Waals surface area contributed by atoms with Crippen molar-refractivity contribution in [2.75, 3.05) is 4.90 Å². The highest BCUT2D eigenvalue weighted by Crippen LogP contribution is 2.39. The summed E-state index contributed by atoms with van der Waals surface area (Å²) < 4.78 is 47.1. The number of benzene rings is 1. The molecular weight excluding hydrogens is 497 g/mol. The Balaban J connectivity index is 1.62. The minimum atomic E-state index is -4.86. The molecule has 1 aromatic carbocycles. The first-order chi connectivity index (χ1) is 16.1. The largest absolute Gasteiger partial charge is 0.573 e. The second-order valence-corrected chi connectivity index (χ2v) is 8.97. The Hall–Kier alpha value is -3.05. The number of alkyl halides is 3. The molecule has 1 atom stereocenters. The van der Waals surface area contributed by atoms with Crippen LogP contribution in [0.25, 0.3) is 11.3 Å². The van der Waals surface area contributed by atoms with Crippen LogP contribution in [0.4, 0.5) is 18.3 Å². The molecule has 180 valence electrons. The van der Waals surface area contributed by atoms with Crippen molar-refractivity contribution in [1.29, 1.82) is 0 Å². The first-order valence-corrected chi connectivity index (χ1v) is 11.4. The van der Waals surface area contributed by atoms with Crippen molar-refractivity contribution in [3.8, 4) is 17.0 Å². The number of aliphatic carboxylic acids is 1. The minimum absolute atomic E-state index is 0.113. The Morgan fingerprint density at radius 1 is 1.32 bits per heavy atom. The van der Waals surface area contributed by atoms with E-state index in [0.29, 0.717) is 10.9 Å². The van der Waals surface area contributed by atoms with Crippen LogP contribution in [0.1, 0.15) is 25.0 Å². The molecule has 1 aliphatic carbocycles. The summed E-state index contributed by atoms with van der Waals surface area (Å²) in [5.41, 5.74) is 0.490. The van der Waals surface area contributed by atoms with Crippen LogP contribution in [0, 0.1) is 5.92 Å². The summed E-state index contributed by atoms with van der Waals surface area (Å²) in [6.07, 6.45) is -2.22. The fraction of sp³-hybridized carbons (Fsp3) is 0.318. The highest BCUT2D eigenvalue weighted by Gasteiger charge is 2.39. The van der Waals surface area contributed by atoms with E-state index in [9.17, 15) is 27.9 Å². The number of halogens is 4. The maximum absolute atomic E-state index is 13.4. The zero-order valence-corrected chi connectivity index (χ0v) is 19.0. The van der Waals surface area contributed by atoms with E-state index in [2.05, 4.69) is 9.72 Å². The maximum Gasteiger partial charge on any atom is 0.573 e. The highest BCUT2D eigenvalue weighted by atomic mass is 35.5. The van der Waals surface area contributed by atoms with Crippen LogP contribution in [0.2, 0.25) is 5.02 Å². The Bertz CT molecular complexity index is 1180. The van der Waals surface area contributed by atoms with Crippen molar-refractivity contribution in [2.45, 2.75) is 38.1 Å². The van der Waals surface area contributed by atoms with Gasteiger partial charge in [0.25, 0.3) is 0 Å². The van der Waals surface area contributed by atoms with E-state index < -0.39 is 29.9 Å². The number of nitrogens with zero attached hydrogens (tertiary/aromatic N) is 2. The summed E-state index contributed by atoms with van der Waals surface area (Å²) >= 11 is 7.31. The van der Waals surface area contributed by atoms with Crippen molar-refractivity contribution in [2.24, 2.45) is 5.92 Å².